The number of carbonyl (C=O) groups is 1. The lowest BCUT2D eigenvalue weighted by Crippen LogP contribution is -2.35. The smallest absolute Gasteiger partial charge is 0.196 e. The van der Waals surface area contributed by atoms with Gasteiger partial charge in [-0.25, -0.2) is 0 Å². The first-order chi connectivity index (χ1) is 10.7. The van der Waals surface area contributed by atoms with Crippen LogP contribution in [0, 0.1) is 0 Å². The van der Waals surface area contributed by atoms with Crippen LogP contribution in [0.5, 0.6) is 0 Å². The summed E-state index contributed by atoms with van der Waals surface area (Å²) < 4.78 is 12.0. The quantitative estimate of drug-likeness (QED) is 0.613. The zero-order chi connectivity index (χ0) is 15.4. The van der Waals surface area contributed by atoms with Crippen LogP contribution in [-0.4, -0.2) is 32.1 Å². The number of furan rings is 1. The molecule has 1 aliphatic rings. The summed E-state index contributed by atoms with van der Waals surface area (Å²) in [6, 6.07) is 11.1. The minimum absolute atomic E-state index is 0.0446. The van der Waals surface area contributed by atoms with Crippen molar-refractivity contribution in [3.63, 3.8) is 0 Å². The van der Waals surface area contributed by atoms with Gasteiger partial charge in [0.15, 0.2) is 11.7 Å². The van der Waals surface area contributed by atoms with E-state index in [9.17, 15) is 4.79 Å². The molecule has 0 spiro atoms. The molecule has 1 aromatic heterocycles. The van der Waals surface area contributed by atoms with Gasteiger partial charge in [-0.1, -0.05) is 15.9 Å². The molecule has 0 bridgehead atoms. The summed E-state index contributed by atoms with van der Waals surface area (Å²) in [6.45, 7) is 3.09. The summed E-state index contributed by atoms with van der Waals surface area (Å²) in [4.78, 5) is 14.2. The molecule has 2 heterocycles. The number of allylic oxidation sites excluding steroid dienone is 1. The first-order valence-corrected chi connectivity index (χ1v) is 7.92. The molecular formula is C17H16BrNO3. The standard InChI is InChI=1S/C17H16BrNO3/c18-14-3-1-13(2-4-14)16(20)7-5-15-6-8-17(22-15)19-9-11-21-12-10-19/h1-8H,9-12H2/b7-5+. The van der Waals surface area contributed by atoms with Gasteiger partial charge in [-0.15, -0.1) is 0 Å². The maximum Gasteiger partial charge on any atom is 0.196 e. The van der Waals surface area contributed by atoms with E-state index in [1.807, 2.05) is 24.3 Å². The van der Waals surface area contributed by atoms with Crippen molar-refractivity contribution in [3.8, 4) is 0 Å². The molecule has 114 valence electrons. The summed E-state index contributed by atoms with van der Waals surface area (Å²) in [5, 5.41) is 0. The second-order valence-corrected chi connectivity index (χ2v) is 5.90. The molecule has 1 saturated heterocycles. The minimum atomic E-state index is -0.0446. The number of morpholine rings is 1. The van der Waals surface area contributed by atoms with Crippen LogP contribution >= 0.6 is 15.9 Å². The van der Waals surface area contributed by atoms with E-state index in [2.05, 4.69) is 20.8 Å². The zero-order valence-corrected chi connectivity index (χ0v) is 13.6. The van der Waals surface area contributed by atoms with Crippen LogP contribution in [0.1, 0.15) is 16.1 Å². The Bertz CT molecular complexity index is 669. The molecule has 4 nitrogen and oxygen atoms in total. The fourth-order valence-electron chi connectivity index (χ4n) is 2.25. The van der Waals surface area contributed by atoms with Crippen molar-refractivity contribution in [3.05, 3.63) is 58.3 Å². The number of ether oxygens (including phenoxy) is 1. The monoisotopic (exact) mass is 361 g/mol. The van der Waals surface area contributed by atoms with Crippen molar-refractivity contribution in [2.24, 2.45) is 0 Å². The summed E-state index contributed by atoms with van der Waals surface area (Å²) >= 11 is 3.35. The molecule has 3 rings (SSSR count). The van der Waals surface area contributed by atoms with Crippen LogP contribution in [0.2, 0.25) is 0 Å². The van der Waals surface area contributed by atoms with Gasteiger partial charge in [0.2, 0.25) is 0 Å². The van der Waals surface area contributed by atoms with Crippen molar-refractivity contribution < 1.29 is 13.9 Å². The van der Waals surface area contributed by atoms with Crippen LogP contribution in [0.3, 0.4) is 0 Å². The van der Waals surface area contributed by atoms with Gasteiger partial charge in [-0.3, -0.25) is 4.79 Å². The van der Waals surface area contributed by atoms with E-state index in [0.29, 0.717) is 24.5 Å². The Kier molecular flexibility index (Phi) is 4.75. The van der Waals surface area contributed by atoms with Gasteiger partial charge < -0.3 is 14.1 Å². The van der Waals surface area contributed by atoms with Crippen molar-refractivity contribution in [1.29, 1.82) is 0 Å². The first-order valence-electron chi connectivity index (χ1n) is 7.13. The molecule has 1 fully saturated rings. The molecule has 0 N–H and O–H groups in total. The maximum atomic E-state index is 12.1. The molecule has 1 aromatic carbocycles. The summed E-state index contributed by atoms with van der Waals surface area (Å²) in [7, 11) is 0. The molecular weight excluding hydrogens is 346 g/mol. The minimum Gasteiger partial charge on any atom is -0.441 e. The third-order valence-corrected chi connectivity index (χ3v) is 3.99. The second kappa shape index (κ2) is 6.94. The Morgan fingerprint density at radius 3 is 2.55 bits per heavy atom. The molecule has 2 aromatic rings. The molecule has 0 atom stereocenters. The number of hydrogen-bond donors (Lipinski definition) is 0. The Balaban J connectivity index is 1.66. The largest absolute Gasteiger partial charge is 0.441 e. The van der Waals surface area contributed by atoms with Crippen molar-refractivity contribution in [1.82, 2.24) is 0 Å². The molecule has 0 aliphatic carbocycles. The van der Waals surface area contributed by atoms with E-state index in [4.69, 9.17) is 9.15 Å². The van der Waals surface area contributed by atoms with Gasteiger partial charge in [0, 0.05) is 29.2 Å². The molecule has 5 heteroatoms. The number of nitrogens with zero attached hydrogens (tertiary/aromatic N) is 1. The van der Waals surface area contributed by atoms with Crippen LogP contribution in [0.15, 0.2) is 51.4 Å². The second-order valence-electron chi connectivity index (χ2n) is 4.98. The van der Waals surface area contributed by atoms with E-state index >= 15 is 0 Å². The number of benzene rings is 1. The lowest BCUT2D eigenvalue weighted by atomic mass is 10.1. The number of ketones is 1. The van der Waals surface area contributed by atoms with Crippen molar-refractivity contribution >= 4 is 33.7 Å². The fraction of sp³-hybridized carbons (Fsp3) is 0.235. The van der Waals surface area contributed by atoms with Crippen LogP contribution in [-0.2, 0) is 4.74 Å². The van der Waals surface area contributed by atoms with Gasteiger partial charge in [0.25, 0.3) is 0 Å². The molecule has 0 saturated carbocycles. The highest BCUT2D eigenvalue weighted by molar-refractivity contribution is 9.10. The number of carbonyl (C=O) groups excluding carboxylic acids is 1. The Hall–Kier alpha value is -1.85. The number of rotatable bonds is 4. The van der Waals surface area contributed by atoms with E-state index in [0.717, 1.165) is 23.4 Å². The van der Waals surface area contributed by atoms with Gasteiger partial charge in [0.1, 0.15) is 5.76 Å². The number of anilines is 1. The normalized spacial score (nSPS) is 15.4. The van der Waals surface area contributed by atoms with Crippen molar-refractivity contribution in [2.75, 3.05) is 31.2 Å². The first kappa shape index (κ1) is 15.1. The molecule has 1 aliphatic heterocycles. The molecule has 22 heavy (non-hydrogen) atoms. The van der Waals surface area contributed by atoms with E-state index < -0.39 is 0 Å². The van der Waals surface area contributed by atoms with Gasteiger partial charge >= 0.3 is 0 Å². The van der Waals surface area contributed by atoms with Gasteiger partial charge in [-0.2, -0.15) is 0 Å². The Morgan fingerprint density at radius 2 is 1.82 bits per heavy atom. The lowest BCUT2D eigenvalue weighted by molar-refractivity contribution is 0.104. The maximum absolute atomic E-state index is 12.1. The van der Waals surface area contributed by atoms with E-state index in [1.54, 1.807) is 18.2 Å². The van der Waals surface area contributed by atoms with Crippen LogP contribution in [0.25, 0.3) is 6.08 Å². The Morgan fingerprint density at radius 1 is 1.09 bits per heavy atom. The summed E-state index contributed by atoms with van der Waals surface area (Å²) in [5.74, 6) is 1.45. The SMILES string of the molecule is O=C(/C=C/c1ccc(N2CCOCC2)o1)c1ccc(Br)cc1. The third-order valence-electron chi connectivity index (χ3n) is 3.46. The third kappa shape index (κ3) is 3.67. The molecule has 0 radical (unpaired) electrons. The highest BCUT2D eigenvalue weighted by Crippen LogP contribution is 2.20. The summed E-state index contributed by atoms with van der Waals surface area (Å²) in [5.41, 5.74) is 0.652. The zero-order valence-electron chi connectivity index (χ0n) is 12.0. The van der Waals surface area contributed by atoms with Crippen LogP contribution in [0.4, 0.5) is 5.88 Å². The van der Waals surface area contributed by atoms with Gasteiger partial charge in [-0.05, 0) is 42.5 Å². The van der Waals surface area contributed by atoms with Gasteiger partial charge in [0.05, 0.1) is 13.2 Å². The topological polar surface area (TPSA) is 42.7 Å². The van der Waals surface area contributed by atoms with E-state index in [1.165, 1.54) is 6.08 Å². The average molecular weight is 362 g/mol. The Labute approximate surface area is 137 Å². The van der Waals surface area contributed by atoms with E-state index in [-0.39, 0.29) is 5.78 Å². The number of halogens is 1. The predicted molar refractivity (Wildman–Crippen MR) is 89.2 cm³/mol. The average Bonchev–Trinajstić information content (AvgIpc) is 3.03. The molecule has 0 unspecified atom stereocenters. The highest BCUT2D eigenvalue weighted by Gasteiger charge is 2.14. The highest BCUT2D eigenvalue weighted by atomic mass is 79.9. The van der Waals surface area contributed by atoms with Crippen LogP contribution < -0.4 is 4.90 Å². The molecule has 0 amide bonds. The van der Waals surface area contributed by atoms with Crippen molar-refractivity contribution in [2.45, 2.75) is 0 Å². The predicted octanol–water partition coefficient (Wildman–Crippen LogP) is 3.77. The fourth-order valence-corrected chi connectivity index (χ4v) is 2.52. The number of hydrogen-bond acceptors (Lipinski definition) is 4. The summed E-state index contributed by atoms with van der Waals surface area (Å²) in [6.07, 6.45) is 3.24. The lowest BCUT2D eigenvalue weighted by Gasteiger charge is -2.26.